The van der Waals surface area contributed by atoms with Crippen LogP contribution in [0.25, 0.3) is 0 Å². The average Bonchev–Trinajstić information content (AvgIpc) is 3.24. The number of thiophene rings is 1. The molecule has 11 heteroatoms. The predicted octanol–water partition coefficient (Wildman–Crippen LogP) is 4.56. The highest BCUT2D eigenvalue weighted by atomic mass is 32.1. The molecule has 2 aromatic heterocycles. The number of pyridine rings is 1. The van der Waals surface area contributed by atoms with Gasteiger partial charge in [-0.2, -0.15) is 13.2 Å². The van der Waals surface area contributed by atoms with Gasteiger partial charge in [-0.15, -0.1) is 11.3 Å². The van der Waals surface area contributed by atoms with Gasteiger partial charge in [0.2, 0.25) is 5.91 Å². The lowest BCUT2D eigenvalue weighted by molar-refractivity contribution is -0.137. The summed E-state index contributed by atoms with van der Waals surface area (Å²) in [6.07, 6.45) is -0.544. The van der Waals surface area contributed by atoms with Crippen LogP contribution in [-0.2, 0) is 35.2 Å². The SMILES string of the molecule is COCC(=O)Nc1ccncc1CN1CCc2c(C(=O)Nc3cccc(C(F)(F)F)c3)csc2C1. The van der Waals surface area contributed by atoms with Crippen LogP contribution >= 0.6 is 11.3 Å². The average molecular weight is 505 g/mol. The van der Waals surface area contributed by atoms with Crippen LogP contribution in [0.15, 0.2) is 48.1 Å². The summed E-state index contributed by atoms with van der Waals surface area (Å²) in [4.78, 5) is 32.1. The molecule has 4 rings (SSSR count). The lowest BCUT2D eigenvalue weighted by Crippen LogP contribution is -2.30. The first-order valence-corrected chi connectivity index (χ1v) is 11.6. The van der Waals surface area contributed by atoms with Crippen molar-refractivity contribution >= 4 is 34.5 Å². The second-order valence-electron chi connectivity index (χ2n) is 8.06. The molecule has 1 aromatic carbocycles. The second kappa shape index (κ2) is 10.5. The van der Waals surface area contributed by atoms with E-state index in [1.165, 1.54) is 30.6 Å². The third-order valence-corrected chi connectivity index (χ3v) is 6.58. The molecule has 3 heterocycles. The molecule has 0 radical (unpaired) electrons. The summed E-state index contributed by atoms with van der Waals surface area (Å²) < 4.78 is 43.8. The van der Waals surface area contributed by atoms with Crippen LogP contribution in [0.2, 0.25) is 0 Å². The van der Waals surface area contributed by atoms with Gasteiger partial charge < -0.3 is 15.4 Å². The largest absolute Gasteiger partial charge is 0.416 e. The van der Waals surface area contributed by atoms with Gasteiger partial charge in [-0.1, -0.05) is 6.07 Å². The van der Waals surface area contributed by atoms with Crippen molar-refractivity contribution in [1.82, 2.24) is 9.88 Å². The normalized spacial score (nSPS) is 13.8. The molecule has 0 aliphatic carbocycles. The highest BCUT2D eigenvalue weighted by molar-refractivity contribution is 7.10. The molecule has 0 atom stereocenters. The number of anilines is 2. The maximum Gasteiger partial charge on any atom is 0.416 e. The van der Waals surface area contributed by atoms with Crippen LogP contribution in [0.5, 0.6) is 0 Å². The Kier molecular flexibility index (Phi) is 7.48. The number of hydrogen-bond acceptors (Lipinski definition) is 6. The number of carbonyl (C=O) groups excluding carboxylic acids is 2. The van der Waals surface area contributed by atoms with Crippen molar-refractivity contribution in [2.45, 2.75) is 25.7 Å². The molecule has 0 saturated heterocycles. The van der Waals surface area contributed by atoms with Gasteiger partial charge in [0.25, 0.3) is 5.91 Å². The third kappa shape index (κ3) is 6.05. The van der Waals surface area contributed by atoms with Crippen molar-refractivity contribution in [2.24, 2.45) is 0 Å². The van der Waals surface area contributed by atoms with Crippen LogP contribution in [0.4, 0.5) is 24.5 Å². The minimum absolute atomic E-state index is 0.0463. The van der Waals surface area contributed by atoms with Gasteiger partial charge in [0.1, 0.15) is 6.61 Å². The van der Waals surface area contributed by atoms with Crippen molar-refractivity contribution in [3.05, 3.63) is 75.2 Å². The van der Waals surface area contributed by atoms with E-state index in [4.69, 9.17) is 4.74 Å². The van der Waals surface area contributed by atoms with Gasteiger partial charge in [0.15, 0.2) is 0 Å². The van der Waals surface area contributed by atoms with Crippen molar-refractivity contribution in [2.75, 3.05) is 30.9 Å². The summed E-state index contributed by atoms with van der Waals surface area (Å²) in [6, 6.07) is 6.33. The maximum atomic E-state index is 13.0. The number of hydrogen-bond donors (Lipinski definition) is 2. The first kappa shape index (κ1) is 24.8. The van der Waals surface area contributed by atoms with Gasteiger partial charge in [-0.3, -0.25) is 19.5 Å². The summed E-state index contributed by atoms with van der Waals surface area (Å²) in [5.41, 5.74) is 2.21. The molecule has 7 nitrogen and oxygen atoms in total. The zero-order valence-electron chi connectivity index (χ0n) is 18.8. The summed E-state index contributed by atoms with van der Waals surface area (Å²) in [5.74, 6) is -0.679. The number of halogens is 3. The zero-order valence-corrected chi connectivity index (χ0v) is 19.6. The molecule has 3 aromatic rings. The number of fused-ring (bicyclic) bond motifs is 1. The summed E-state index contributed by atoms with van der Waals surface area (Å²) in [7, 11) is 1.45. The molecule has 0 unspecified atom stereocenters. The topological polar surface area (TPSA) is 83.6 Å². The lowest BCUT2D eigenvalue weighted by Gasteiger charge is -2.28. The number of benzene rings is 1. The monoisotopic (exact) mass is 504 g/mol. The smallest absolute Gasteiger partial charge is 0.375 e. The van der Waals surface area contributed by atoms with E-state index in [0.29, 0.717) is 37.3 Å². The van der Waals surface area contributed by atoms with Crippen molar-refractivity contribution in [3.8, 4) is 0 Å². The van der Waals surface area contributed by atoms with Crippen LogP contribution in [0, 0.1) is 0 Å². The first-order valence-electron chi connectivity index (χ1n) is 10.8. The van der Waals surface area contributed by atoms with E-state index in [1.807, 2.05) is 0 Å². The summed E-state index contributed by atoms with van der Waals surface area (Å²) in [5, 5.41) is 7.16. The quantitative estimate of drug-likeness (QED) is 0.493. The van der Waals surface area contributed by atoms with Gasteiger partial charge in [0, 0.05) is 66.3 Å². The fraction of sp³-hybridized carbons (Fsp3) is 0.292. The minimum Gasteiger partial charge on any atom is -0.375 e. The molecule has 35 heavy (non-hydrogen) atoms. The Morgan fingerprint density at radius 1 is 1.23 bits per heavy atom. The van der Waals surface area contributed by atoms with Gasteiger partial charge >= 0.3 is 6.18 Å². The lowest BCUT2D eigenvalue weighted by atomic mass is 10.0. The van der Waals surface area contributed by atoms with Crippen molar-refractivity contribution < 1.29 is 27.5 Å². The van der Waals surface area contributed by atoms with Gasteiger partial charge in [0.05, 0.1) is 11.1 Å². The summed E-state index contributed by atoms with van der Waals surface area (Å²) in [6.45, 7) is 1.79. The number of methoxy groups -OCH3 is 1. The molecule has 0 spiro atoms. The molecule has 184 valence electrons. The van der Waals surface area contributed by atoms with E-state index in [9.17, 15) is 22.8 Å². The van der Waals surface area contributed by atoms with Crippen LogP contribution in [0.1, 0.15) is 31.9 Å². The molecule has 0 bridgehead atoms. The third-order valence-electron chi connectivity index (χ3n) is 5.57. The molecule has 0 saturated carbocycles. The number of aromatic nitrogens is 1. The van der Waals surface area contributed by atoms with Gasteiger partial charge in [-0.05, 0) is 36.2 Å². The zero-order chi connectivity index (χ0) is 25.0. The standard InChI is InChI=1S/C24H23F3N4O3S/c1-34-13-22(32)30-20-5-7-28-10-15(20)11-31-8-6-18-19(14-35-21(18)12-31)23(33)29-17-4-2-3-16(9-17)24(25,26)27/h2-5,7,9-10,14H,6,8,11-13H2,1H3,(H,29,33)(H,28,30,32). The van der Waals surface area contributed by atoms with E-state index in [-0.39, 0.29) is 18.2 Å². The Hall–Kier alpha value is -3.28. The van der Waals surface area contributed by atoms with E-state index in [2.05, 4.69) is 20.5 Å². The Bertz CT molecular complexity index is 1230. The Morgan fingerprint density at radius 2 is 2.06 bits per heavy atom. The predicted molar refractivity (Wildman–Crippen MR) is 126 cm³/mol. The maximum absolute atomic E-state index is 13.0. The molecule has 1 aliphatic rings. The first-order chi connectivity index (χ1) is 16.7. The van der Waals surface area contributed by atoms with E-state index in [1.54, 1.807) is 23.8 Å². The van der Waals surface area contributed by atoms with Crippen molar-refractivity contribution in [1.29, 1.82) is 0 Å². The van der Waals surface area contributed by atoms with Crippen LogP contribution < -0.4 is 10.6 Å². The highest BCUT2D eigenvalue weighted by Crippen LogP contribution is 2.33. The highest BCUT2D eigenvalue weighted by Gasteiger charge is 2.31. The van der Waals surface area contributed by atoms with E-state index >= 15 is 0 Å². The number of amides is 2. The fourth-order valence-corrected chi connectivity index (χ4v) is 5.03. The second-order valence-corrected chi connectivity index (χ2v) is 9.02. The number of nitrogens with one attached hydrogen (secondary N) is 2. The molecule has 2 N–H and O–H groups in total. The fourth-order valence-electron chi connectivity index (χ4n) is 3.91. The molecule has 1 aliphatic heterocycles. The number of rotatable bonds is 7. The van der Waals surface area contributed by atoms with Crippen LogP contribution in [-0.4, -0.2) is 42.0 Å². The van der Waals surface area contributed by atoms with Crippen molar-refractivity contribution in [3.63, 3.8) is 0 Å². The molecular weight excluding hydrogens is 481 g/mol. The van der Waals surface area contributed by atoms with E-state index in [0.717, 1.165) is 28.1 Å². The number of carbonyl (C=O) groups is 2. The Labute approximate surface area is 203 Å². The number of alkyl halides is 3. The summed E-state index contributed by atoms with van der Waals surface area (Å²) >= 11 is 1.45. The Balaban J connectivity index is 1.43. The van der Waals surface area contributed by atoms with Gasteiger partial charge in [-0.25, -0.2) is 0 Å². The minimum atomic E-state index is -4.48. The number of nitrogens with zero attached hydrogens (tertiary/aromatic N) is 2. The van der Waals surface area contributed by atoms with Crippen LogP contribution in [0.3, 0.4) is 0 Å². The van der Waals surface area contributed by atoms with E-state index < -0.39 is 17.6 Å². The molecular formula is C24H23F3N4O3S. The number of ether oxygens (including phenoxy) is 1. The Morgan fingerprint density at radius 3 is 2.83 bits per heavy atom. The molecule has 0 fully saturated rings. The molecule has 2 amide bonds.